The van der Waals surface area contributed by atoms with Crippen LogP contribution in [0.2, 0.25) is 5.02 Å². The molecule has 1 saturated heterocycles. The van der Waals surface area contributed by atoms with Crippen molar-refractivity contribution in [1.29, 1.82) is 0 Å². The van der Waals surface area contributed by atoms with E-state index < -0.39 is 12.1 Å². The van der Waals surface area contributed by atoms with E-state index in [2.05, 4.69) is 0 Å². The zero-order chi connectivity index (χ0) is 21.0. The van der Waals surface area contributed by atoms with Crippen molar-refractivity contribution in [1.82, 2.24) is 0 Å². The molecule has 3 rings (SSSR count). The zero-order valence-corrected chi connectivity index (χ0v) is 17.7. The Hall–Kier alpha value is -1.76. The van der Waals surface area contributed by atoms with Gasteiger partial charge in [-0.25, -0.2) is 4.79 Å². The van der Waals surface area contributed by atoms with Crippen molar-refractivity contribution < 1.29 is 29.2 Å². The molecule has 0 bridgehead atoms. The van der Waals surface area contributed by atoms with Crippen LogP contribution in [0.3, 0.4) is 0 Å². The number of hydrogen-bond acceptors (Lipinski definition) is 6. The largest absolute Gasteiger partial charge is 0.507 e. The van der Waals surface area contributed by atoms with Crippen molar-refractivity contribution in [3.8, 4) is 11.5 Å². The Morgan fingerprint density at radius 2 is 2.14 bits per heavy atom. The number of esters is 1. The molecule has 4 atom stereocenters. The summed E-state index contributed by atoms with van der Waals surface area (Å²) in [6.07, 6.45) is 6.71. The highest BCUT2D eigenvalue weighted by Crippen LogP contribution is 2.39. The molecule has 0 saturated carbocycles. The van der Waals surface area contributed by atoms with Crippen molar-refractivity contribution >= 4 is 17.6 Å². The molecular formula is C22H29ClO6. The minimum Gasteiger partial charge on any atom is -0.507 e. The van der Waals surface area contributed by atoms with Gasteiger partial charge in [0.1, 0.15) is 23.2 Å². The normalized spacial score (nSPS) is 28.5. The van der Waals surface area contributed by atoms with Crippen LogP contribution in [0.25, 0.3) is 0 Å². The summed E-state index contributed by atoms with van der Waals surface area (Å²) in [5, 5.41) is 21.2. The van der Waals surface area contributed by atoms with Crippen LogP contribution in [0.1, 0.15) is 61.9 Å². The minimum absolute atomic E-state index is 0.0255. The first-order valence-corrected chi connectivity index (χ1v) is 10.7. The molecule has 0 spiro atoms. The molecule has 0 amide bonds. The molecule has 1 aromatic rings. The van der Waals surface area contributed by atoms with Gasteiger partial charge in [0, 0.05) is 18.9 Å². The van der Waals surface area contributed by atoms with Crippen LogP contribution in [0.5, 0.6) is 11.5 Å². The van der Waals surface area contributed by atoms with Gasteiger partial charge in [0.15, 0.2) is 0 Å². The fourth-order valence-electron chi connectivity index (χ4n) is 3.57. The summed E-state index contributed by atoms with van der Waals surface area (Å²) in [5.74, 6) is -0.641. The van der Waals surface area contributed by atoms with Crippen molar-refractivity contribution in [2.24, 2.45) is 0 Å². The van der Waals surface area contributed by atoms with Gasteiger partial charge in [-0.2, -0.15) is 0 Å². The first-order valence-electron chi connectivity index (χ1n) is 10.3. The lowest BCUT2D eigenvalue weighted by molar-refractivity contribution is 0.0305. The van der Waals surface area contributed by atoms with Crippen LogP contribution in [0.15, 0.2) is 18.2 Å². The molecule has 7 heteroatoms. The zero-order valence-electron chi connectivity index (χ0n) is 16.9. The van der Waals surface area contributed by atoms with E-state index in [4.69, 9.17) is 25.8 Å². The van der Waals surface area contributed by atoms with Gasteiger partial charge in [0.25, 0.3) is 0 Å². The quantitative estimate of drug-likeness (QED) is 0.326. The van der Waals surface area contributed by atoms with Gasteiger partial charge in [0.05, 0.1) is 29.9 Å². The van der Waals surface area contributed by atoms with E-state index in [0.29, 0.717) is 24.3 Å². The molecule has 0 aromatic heterocycles. The average Bonchev–Trinajstić information content (AvgIpc) is 3.39. The van der Waals surface area contributed by atoms with Gasteiger partial charge in [0.2, 0.25) is 0 Å². The second kappa shape index (κ2) is 9.83. The Bertz CT molecular complexity index is 762. The lowest BCUT2D eigenvalue weighted by Crippen LogP contribution is -2.20. The van der Waals surface area contributed by atoms with Crippen molar-refractivity contribution in [3.05, 3.63) is 34.4 Å². The molecular weight excluding hydrogens is 396 g/mol. The number of ether oxygens (including phenoxy) is 3. The highest BCUT2D eigenvalue weighted by atomic mass is 35.5. The number of cyclic esters (lactones) is 1. The van der Waals surface area contributed by atoms with E-state index >= 15 is 0 Å². The van der Waals surface area contributed by atoms with Gasteiger partial charge in [-0.3, -0.25) is 0 Å². The lowest BCUT2D eigenvalue weighted by Gasteiger charge is -2.19. The third-order valence-electron chi connectivity index (χ3n) is 5.22. The smallest absolute Gasteiger partial charge is 0.342 e. The van der Waals surface area contributed by atoms with E-state index in [0.717, 1.165) is 25.7 Å². The van der Waals surface area contributed by atoms with Crippen LogP contribution in [-0.2, 0) is 15.9 Å². The Kier molecular flexibility index (Phi) is 7.44. The summed E-state index contributed by atoms with van der Waals surface area (Å²) in [6.45, 7) is 4.29. The standard InChI is InChI=1S/C22H29ClO6/c1-3-4-9-27-19-12-16(25)20-15(21(19)23)11-14(24)7-5-6-8-17-18(29-17)10-13(2)28-22(20)26/h5,7,12-14,17-18,24-25H,3-4,6,8-11H2,1-2H3/b7-5+/t13-,14+,17+,18-/m1/s1. The molecule has 0 radical (unpaired) electrons. The molecule has 2 aliphatic rings. The number of unbranched alkanes of at least 4 members (excludes halogenated alkanes) is 1. The van der Waals surface area contributed by atoms with Gasteiger partial charge in [-0.15, -0.1) is 0 Å². The predicted molar refractivity (Wildman–Crippen MR) is 110 cm³/mol. The summed E-state index contributed by atoms with van der Waals surface area (Å²) in [4.78, 5) is 12.8. The number of epoxide rings is 1. The van der Waals surface area contributed by atoms with E-state index in [1.807, 2.05) is 13.0 Å². The van der Waals surface area contributed by atoms with E-state index in [-0.39, 0.29) is 41.1 Å². The van der Waals surface area contributed by atoms with Gasteiger partial charge >= 0.3 is 5.97 Å². The Balaban J connectivity index is 1.93. The fraction of sp³-hybridized carbons (Fsp3) is 0.591. The summed E-state index contributed by atoms with van der Waals surface area (Å²) in [5.41, 5.74) is 0.299. The van der Waals surface area contributed by atoms with Crippen LogP contribution in [0.4, 0.5) is 0 Å². The molecule has 2 aliphatic heterocycles. The monoisotopic (exact) mass is 424 g/mol. The maximum atomic E-state index is 12.8. The number of carbonyl (C=O) groups excluding carboxylic acids is 1. The molecule has 160 valence electrons. The molecule has 1 fully saturated rings. The number of aromatic hydroxyl groups is 1. The van der Waals surface area contributed by atoms with E-state index in [1.54, 1.807) is 13.0 Å². The number of halogens is 1. The molecule has 2 heterocycles. The van der Waals surface area contributed by atoms with Gasteiger partial charge in [-0.05, 0) is 31.7 Å². The molecule has 0 aliphatic carbocycles. The summed E-state index contributed by atoms with van der Waals surface area (Å²) < 4.78 is 16.9. The second-order valence-electron chi connectivity index (χ2n) is 7.70. The third kappa shape index (κ3) is 5.65. The Labute approximate surface area is 176 Å². The van der Waals surface area contributed by atoms with Crippen LogP contribution < -0.4 is 4.74 Å². The number of allylic oxidation sites excluding steroid dienone is 1. The first-order chi connectivity index (χ1) is 13.9. The lowest BCUT2D eigenvalue weighted by atomic mass is 9.98. The highest BCUT2D eigenvalue weighted by Gasteiger charge is 2.39. The SMILES string of the molecule is CCCCOc1cc(O)c2c(c1Cl)C[C@@H](O)/C=C/CC[C@@H]1O[C@@H]1C[C@@H](C)OC2=O. The number of fused-ring (bicyclic) bond motifs is 2. The van der Waals surface area contributed by atoms with Crippen molar-refractivity contribution in [2.75, 3.05) is 6.61 Å². The topological polar surface area (TPSA) is 88.5 Å². The fourth-order valence-corrected chi connectivity index (χ4v) is 3.85. The number of phenolic OH excluding ortho intramolecular Hbond substituents is 1. The summed E-state index contributed by atoms with van der Waals surface area (Å²) >= 11 is 6.53. The van der Waals surface area contributed by atoms with Gasteiger partial charge in [-0.1, -0.05) is 37.1 Å². The maximum absolute atomic E-state index is 12.8. The molecule has 6 nitrogen and oxygen atoms in total. The van der Waals surface area contributed by atoms with Crippen LogP contribution >= 0.6 is 11.6 Å². The number of benzene rings is 1. The van der Waals surface area contributed by atoms with Crippen molar-refractivity contribution in [2.45, 2.75) is 76.8 Å². The highest BCUT2D eigenvalue weighted by molar-refractivity contribution is 6.33. The number of carbonyl (C=O) groups is 1. The van der Waals surface area contributed by atoms with Crippen LogP contribution in [0, 0.1) is 0 Å². The third-order valence-corrected chi connectivity index (χ3v) is 5.63. The number of hydrogen-bond donors (Lipinski definition) is 2. The molecule has 0 unspecified atom stereocenters. The Morgan fingerprint density at radius 1 is 1.34 bits per heavy atom. The first kappa shape index (κ1) is 21.9. The second-order valence-corrected chi connectivity index (χ2v) is 8.08. The number of aliphatic hydroxyl groups is 1. The van der Waals surface area contributed by atoms with Crippen LogP contribution in [-0.4, -0.2) is 47.2 Å². The van der Waals surface area contributed by atoms with E-state index in [9.17, 15) is 15.0 Å². The van der Waals surface area contributed by atoms with Gasteiger partial charge < -0.3 is 24.4 Å². The number of aliphatic hydroxyl groups excluding tert-OH is 1. The molecule has 29 heavy (non-hydrogen) atoms. The Morgan fingerprint density at radius 3 is 2.90 bits per heavy atom. The minimum atomic E-state index is -0.861. The summed E-state index contributed by atoms with van der Waals surface area (Å²) in [7, 11) is 0. The molecule has 2 N–H and O–H groups in total. The van der Waals surface area contributed by atoms with Crippen molar-refractivity contribution in [3.63, 3.8) is 0 Å². The number of rotatable bonds is 4. The molecule has 1 aromatic carbocycles. The maximum Gasteiger partial charge on any atom is 0.342 e. The average molecular weight is 425 g/mol. The predicted octanol–water partition coefficient (Wildman–Crippen LogP) is 4.18. The van der Waals surface area contributed by atoms with E-state index in [1.165, 1.54) is 6.07 Å². The summed E-state index contributed by atoms with van der Waals surface area (Å²) in [6, 6.07) is 1.34. The number of phenols is 1.